The topological polar surface area (TPSA) is 50.8 Å². The van der Waals surface area contributed by atoms with E-state index in [0.717, 1.165) is 16.9 Å². The second-order valence-corrected chi connectivity index (χ2v) is 6.17. The highest BCUT2D eigenvalue weighted by Gasteiger charge is 2.15. The van der Waals surface area contributed by atoms with Gasteiger partial charge in [0.1, 0.15) is 5.75 Å². The second kappa shape index (κ2) is 9.20. The third kappa shape index (κ3) is 5.20. The molecule has 1 N–H and O–H groups in total. The lowest BCUT2D eigenvalue weighted by molar-refractivity contribution is -0.122. The fourth-order valence-electron chi connectivity index (χ4n) is 2.81. The summed E-state index contributed by atoms with van der Waals surface area (Å²) in [7, 11) is 4.85. The summed E-state index contributed by atoms with van der Waals surface area (Å²) in [5.41, 5.74) is 1.69. The Morgan fingerprint density at radius 1 is 1.15 bits per heavy atom. The van der Waals surface area contributed by atoms with Crippen LogP contribution in [-0.2, 0) is 11.3 Å². The fraction of sp³-hybridized carbons (Fsp3) is 0.350. The molecule has 0 saturated carbocycles. The Morgan fingerprint density at radius 3 is 2.50 bits per heavy atom. The van der Waals surface area contributed by atoms with Crippen molar-refractivity contribution in [2.24, 2.45) is 0 Å². The molecule has 0 saturated heterocycles. The molecule has 2 aromatic carbocycles. The number of carbonyl (C=O) groups is 1. The number of nitrogens with one attached hydrogen (secondary N) is 1. The Balaban J connectivity index is 1.91. The van der Waals surface area contributed by atoms with Crippen molar-refractivity contribution in [3.63, 3.8) is 0 Å². The van der Waals surface area contributed by atoms with E-state index in [-0.39, 0.29) is 24.2 Å². The minimum atomic E-state index is -0.410. The van der Waals surface area contributed by atoms with E-state index in [1.165, 1.54) is 13.2 Å². The number of carbonyl (C=O) groups excluding carboxylic acids is 1. The summed E-state index contributed by atoms with van der Waals surface area (Å²) in [6, 6.07) is 12.2. The molecule has 0 heterocycles. The summed E-state index contributed by atoms with van der Waals surface area (Å²) >= 11 is 0. The van der Waals surface area contributed by atoms with E-state index in [9.17, 15) is 9.18 Å². The number of halogens is 1. The third-order valence-electron chi connectivity index (χ3n) is 4.07. The van der Waals surface area contributed by atoms with Crippen molar-refractivity contribution in [3.05, 3.63) is 59.4 Å². The van der Waals surface area contributed by atoms with Gasteiger partial charge in [-0.05, 0) is 37.7 Å². The van der Waals surface area contributed by atoms with Crippen molar-refractivity contribution in [3.8, 4) is 11.5 Å². The van der Waals surface area contributed by atoms with E-state index in [1.54, 1.807) is 19.2 Å². The van der Waals surface area contributed by atoms with Crippen LogP contribution in [0.25, 0.3) is 0 Å². The van der Waals surface area contributed by atoms with Gasteiger partial charge in [0.15, 0.2) is 11.6 Å². The molecular formula is C20H25FN2O3. The molecule has 1 atom stereocenters. The number of hydrogen-bond donors (Lipinski definition) is 1. The summed E-state index contributed by atoms with van der Waals surface area (Å²) in [6.07, 6.45) is 0. The predicted octanol–water partition coefficient (Wildman–Crippen LogP) is 3.15. The Labute approximate surface area is 153 Å². The highest BCUT2D eigenvalue weighted by atomic mass is 19.1. The van der Waals surface area contributed by atoms with Crippen molar-refractivity contribution in [2.45, 2.75) is 19.5 Å². The number of ether oxygens (including phenoxy) is 2. The van der Waals surface area contributed by atoms with E-state index in [2.05, 4.69) is 5.32 Å². The highest BCUT2D eigenvalue weighted by Crippen LogP contribution is 2.24. The van der Waals surface area contributed by atoms with Crippen LogP contribution < -0.4 is 14.8 Å². The first kappa shape index (κ1) is 19.7. The fourth-order valence-corrected chi connectivity index (χ4v) is 2.81. The maximum absolute atomic E-state index is 13.8. The number of para-hydroxylation sites is 1. The van der Waals surface area contributed by atoms with Crippen molar-refractivity contribution in [1.82, 2.24) is 10.2 Å². The smallest absolute Gasteiger partial charge is 0.234 e. The van der Waals surface area contributed by atoms with Gasteiger partial charge in [-0.2, -0.15) is 0 Å². The first-order valence-corrected chi connectivity index (χ1v) is 8.37. The number of benzene rings is 2. The third-order valence-corrected chi connectivity index (χ3v) is 4.07. The molecule has 140 valence electrons. The van der Waals surface area contributed by atoms with Crippen molar-refractivity contribution >= 4 is 5.91 Å². The summed E-state index contributed by atoms with van der Waals surface area (Å²) in [5, 5.41) is 2.96. The molecule has 1 amide bonds. The Morgan fingerprint density at radius 2 is 1.85 bits per heavy atom. The van der Waals surface area contributed by atoms with E-state index in [1.807, 2.05) is 43.1 Å². The highest BCUT2D eigenvalue weighted by molar-refractivity contribution is 5.78. The van der Waals surface area contributed by atoms with Crippen LogP contribution in [-0.4, -0.2) is 38.6 Å². The molecule has 0 aliphatic rings. The predicted molar refractivity (Wildman–Crippen MR) is 98.8 cm³/mol. The molecule has 0 radical (unpaired) electrons. The minimum Gasteiger partial charge on any atom is -0.496 e. The zero-order valence-corrected chi connectivity index (χ0v) is 15.6. The molecule has 2 aromatic rings. The average molecular weight is 360 g/mol. The van der Waals surface area contributed by atoms with Gasteiger partial charge in [0, 0.05) is 12.1 Å². The van der Waals surface area contributed by atoms with Crippen molar-refractivity contribution in [2.75, 3.05) is 27.8 Å². The van der Waals surface area contributed by atoms with Crippen LogP contribution in [0, 0.1) is 5.82 Å². The first-order chi connectivity index (χ1) is 12.4. The SMILES string of the molecule is COc1ccc(CN(C)CC(=O)NC(C)c2ccccc2OC)cc1F. The Bertz CT molecular complexity index is 752. The average Bonchev–Trinajstić information content (AvgIpc) is 2.61. The van der Waals surface area contributed by atoms with Crippen LogP contribution >= 0.6 is 0 Å². The molecule has 0 fully saturated rings. The molecule has 26 heavy (non-hydrogen) atoms. The minimum absolute atomic E-state index is 0.111. The molecule has 6 heteroatoms. The summed E-state index contributed by atoms with van der Waals surface area (Å²) in [5.74, 6) is 0.426. The normalized spacial score (nSPS) is 11.9. The lowest BCUT2D eigenvalue weighted by Crippen LogP contribution is -2.36. The monoisotopic (exact) mass is 360 g/mol. The molecule has 0 aromatic heterocycles. The van der Waals surface area contributed by atoms with Crippen LogP contribution in [0.3, 0.4) is 0 Å². The van der Waals surface area contributed by atoms with Crippen LogP contribution in [0.2, 0.25) is 0 Å². The van der Waals surface area contributed by atoms with E-state index in [0.29, 0.717) is 6.54 Å². The summed E-state index contributed by atoms with van der Waals surface area (Å²) < 4.78 is 24.0. The van der Waals surface area contributed by atoms with Gasteiger partial charge in [0.25, 0.3) is 0 Å². The van der Waals surface area contributed by atoms with E-state index >= 15 is 0 Å². The van der Waals surface area contributed by atoms with Gasteiger partial charge in [-0.1, -0.05) is 24.3 Å². The summed E-state index contributed by atoms with van der Waals surface area (Å²) in [6.45, 7) is 2.57. The van der Waals surface area contributed by atoms with Gasteiger partial charge in [-0.15, -0.1) is 0 Å². The number of methoxy groups -OCH3 is 2. The number of amides is 1. The second-order valence-electron chi connectivity index (χ2n) is 6.17. The number of nitrogens with zero attached hydrogens (tertiary/aromatic N) is 1. The first-order valence-electron chi connectivity index (χ1n) is 8.37. The Hall–Kier alpha value is -2.60. The molecule has 0 aliphatic heterocycles. The number of rotatable bonds is 8. The molecule has 0 aliphatic carbocycles. The standard InChI is InChI=1S/C20H25FN2O3/c1-14(16-7-5-6-8-18(16)25-3)22-20(24)13-23(2)12-15-9-10-19(26-4)17(21)11-15/h5-11,14H,12-13H2,1-4H3,(H,22,24). The van der Waals surface area contributed by atoms with E-state index < -0.39 is 5.82 Å². The summed E-state index contributed by atoms with van der Waals surface area (Å²) in [4.78, 5) is 14.1. The quantitative estimate of drug-likeness (QED) is 0.786. The zero-order chi connectivity index (χ0) is 19.1. The van der Waals surface area contributed by atoms with Crippen LogP contribution in [0.15, 0.2) is 42.5 Å². The lowest BCUT2D eigenvalue weighted by Gasteiger charge is -2.20. The molecule has 0 bridgehead atoms. The van der Waals surface area contributed by atoms with Crippen molar-refractivity contribution < 1.29 is 18.7 Å². The van der Waals surface area contributed by atoms with Crippen LogP contribution in [0.1, 0.15) is 24.1 Å². The maximum Gasteiger partial charge on any atom is 0.234 e. The van der Waals surface area contributed by atoms with Gasteiger partial charge >= 0.3 is 0 Å². The molecule has 1 unspecified atom stereocenters. The number of hydrogen-bond acceptors (Lipinski definition) is 4. The van der Waals surface area contributed by atoms with Gasteiger partial charge in [-0.3, -0.25) is 9.69 Å². The van der Waals surface area contributed by atoms with Gasteiger partial charge < -0.3 is 14.8 Å². The maximum atomic E-state index is 13.8. The number of likely N-dealkylation sites (N-methyl/N-ethyl adjacent to an activating group) is 1. The molecule has 5 nitrogen and oxygen atoms in total. The van der Waals surface area contributed by atoms with Crippen molar-refractivity contribution in [1.29, 1.82) is 0 Å². The largest absolute Gasteiger partial charge is 0.496 e. The zero-order valence-electron chi connectivity index (χ0n) is 15.6. The molecule has 0 spiro atoms. The molecular weight excluding hydrogens is 335 g/mol. The van der Waals surface area contributed by atoms with Gasteiger partial charge in [-0.25, -0.2) is 4.39 Å². The van der Waals surface area contributed by atoms with Gasteiger partial charge in [0.05, 0.1) is 26.8 Å². The van der Waals surface area contributed by atoms with Gasteiger partial charge in [0.2, 0.25) is 5.91 Å². The molecule has 2 rings (SSSR count). The van der Waals surface area contributed by atoms with Crippen LogP contribution in [0.4, 0.5) is 4.39 Å². The Kier molecular flexibility index (Phi) is 6.97. The van der Waals surface area contributed by atoms with Crippen LogP contribution in [0.5, 0.6) is 11.5 Å². The lowest BCUT2D eigenvalue weighted by atomic mass is 10.1. The van der Waals surface area contributed by atoms with E-state index in [4.69, 9.17) is 9.47 Å².